The molecule has 3 rings (SSSR count). The Hall–Kier alpha value is -2.98. The molecule has 0 aliphatic carbocycles. The average molecular weight is 351 g/mol. The van der Waals surface area contributed by atoms with Gasteiger partial charge >= 0.3 is 23.9 Å². The zero-order valence-corrected chi connectivity index (χ0v) is 12.7. The molecule has 0 spiro atoms. The van der Waals surface area contributed by atoms with Crippen LogP contribution < -0.4 is 19.9 Å². The predicted molar refractivity (Wildman–Crippen MR) is 76.8 cm³/mol. The first-order valence-corrected chi connectivity index (χ1v) is 7.20. The van der Waals surface area contributed by atoms with E-state index in [4.69, 9.17) is 25.1 Å². The molecular formula is C15H13NO9. The molecule has 25 heavy (non-hydrogen) atoms. The van der Waals surface area contributed by atoms with Crippen LogP contribution in [0.5, 0.6) is 17.2 Å². The quantitative estimate of drug-likeness (QED) is 0.450. The Balaban J connectivity index is 2.16. The van der Waals surface area contributed by atoms with Gasteiger partial charge in [-0.05, 0) is 6.07 Å². The van der Waals surface area contributed by atoms with Gasteiger partial charge in [0.05, 0.1) is 12.8 Å². The van der Waals surface area contributed by atoms with Crippen molar-refractivity contribution >= 4 is 23.9 Å². The number of esters is 3. The van der Waals surface area contributed by atoms with E-state index in [0.717, 1.165) is 0 Å². The van der Waals surface area contributed by atoms with Crippen molar-refractivity contribution in [1.29, 1.82) is 0 Å². The maximum absolute atomic E-state index is 12.2. The van der Waals surface area contributed by atoms with Crippen molar-refractivity contribution in [2.24, 2.45) is 5.73 Å². The lowest BCUT2D eigenvalue weighted by atomic mass is 9.94. The summed E-state index contributed by atoms with van der Waals surface area (Å²) in [5, 5.41) is 19.2. The minimum atomic E-state index is -2.41. The van der Waals surface area contributed by atoms with Crippen LogP contribution in [-0.4, -0.2) is 45.7 Å². The number of hydrogen-bond donors (Lipinski definition) is 3. The van der Waals surface area contributed by atoms with Gasteiger partial charge in [-0.1, -0.05) is 6.07 Å². The number of aliphatic hydroxyl groups is 1. The Morgan fingerprint density at radius 3 is 2.40 bits per heavy atom. The lowest BCUT2D eigenvalue weighted by Gasteiger charge is -2.30. The molecule has 4 N–H and O–H groups in total. The molecule has 2 aliphatic rings. The molecular weight excluding hydrogens is 338 g/mol. The molecule has 132 valence electrons. The SMILES string of the molecule is NC(Cc1ccc2c3c1OC(=O)CC(O)(CC(=O)O2)C(=O)O3)C(=O)O. The molecule has 0 saturated heterocycles. The summed E-state index contributed by atoms with van der Waals surface area (Å²) in [6.45, 7) is 0. The third-order valence-electron chi connectivity index (χ3n) is 3.80. The van der Waals surface area contributed by atoms with Crippen LogP contribution in [0.3, 0.4) is 0 Å². The summed E-state index contributed by atoms with van der Waals surface area (Å²) >= 11 is 0. The number of aliphatic carboxylic acids is 1. The third kappa shape index (κ3) is 3.04. The normalized spacial score (nSPS) is 23.4. The van der Waals surface area contributed by atoms with Crippen LogP contribution in [-0.2, 0) is 25.6 Å². The van der Waals surface area contributed by atoms with Crippen molar-refractivity contribution in [3.8, 4) is 17.2 Å². The first kappa shape index (κ1) is 16.9. The molecule has 0 fully saturated rings. The lowest BCUT2D eigenvalue weighted by Crippen LogP contribution is -2.49. The van der Waals surface area contributed by atoms with Crippen molar-refractivity contribution in [2.75, 3.05) is 0 Å². The average Bonchev–Trinajstić information content (AvgIpc) is 2.49. The van der Waals surface area contributed by atoms with E-state index in [1.165, 1.54) is 12.1 Å². The van der Waals surface area contributed by atoms with Crippen LogP contribution in [0.25, 0.3) is 0 Å². The first-order valence-electron chi connectivity index (χ1n) is 7.20. The summed E-state index contributed by atoms with van der Waals surface area (Å²) in [7, 11) is 0. The van der Waals surface area contributed by atoms with E-state index < -0.39 is 48.4 Å². The zero-order chi connectivity index (χ0) is 18.4. The number of carboxylic acid groups (broad SMARTS) is 1. The largest absolute Gasteiger partial charge is 0.480 e. The number of ether oxygens (including phenoxy) is 3. The van der Waals surface area contributed by atoms with Crippen molar-refractivity contribution < 1.29 is 43.6 Å². The summed E-state index contributed by atoms with van der Waals surface area (Å²) in [6.07, 6.45) is -1.84. The van der Waals surface area contributed by atoms with E-state index in [1.807, 2.05) is 0 Å². The van der Waals surface area contributed by atoms with Gasteiger partial charge in [-0.15, -0.1) is 0 Å². The van der Waals surface area contributed by atoms with Gasteiger partial charge < -0.3 is 30.2 Å². The second-order valence-electron chi connectivity index (χ2n) is 5.75. The van der Waals surface area contributed by atoms with Gasteiger partial charge in [0.15, 0.2) is 17.1 Å². The van der Waals surface area contributed by atoms with E-state index in [2.05, 4.69) is 0 Å². The standard InChI is InChI=1S/C15H13NO9/c16-7(13(19)20)3-6-1-2-8-12-11(6)24-10(18)5-15(22,14(21)25-12)4-9(17)23-8/h1-2,7,22H,3-5,16H2,(H,19,20). The molecule has 2 bridgehead atoms. The number of nitrogens with two attached hydrogens (primary N) is 1. The van der Waals surface area contributed by atoms with E-state index in [-0.39, 0.29) is 29.2 Å². The molecule has 1 aromatic carbocycles. The maximum Gasteiger partial charge on any atom is 0.345 e. The van der Waals surface area contributed by atoms with Gasteiger partial charge in [-0.25, -0.2) is 4.79 Å². The van der Waals surface area contributed by atoms with Crippen molar-refractivity contribution in [3.63, 3.8) is 0 Å². The Morgan fingerprint density at radius 1 is 1.12 bits per heavy atom. The number of carbonyl (C=O) groups is 4. The smallest absolute Gasteiger partial charge is 0.345 e. The number of carboxylic acids is 1. The predicted octanol–water partition coefficient (Wildman–Crippen LogP) is -1.10. The molecule has 0 radical (unpaired) electrons. The fourth-order valence-electron chi connectivity index (χ4n) is 2.54. The second-order valence-corrected chi connectivity index (χ2v) is 5.75. The third-order valence-corrected chi connectivity index (χ3v) is 3.80. The molecule has 2 unspecified atom stereocenters. The number of fused-ring (bicyclic) bond motifs is 2. The van der Waals surface area contributed by atoms with E-state index in [1.54, 1.807) is 0 Å². The van der Waals surface area contributed by atoms with Crippen LogP contribution in [0, 0.1) is 0 Å². The van der Waals surface area contributed by atoms with Crippen molar-refractivity contribution in [2.45, 2.75) is 30.9 Å². The molecule has 0 aromatic heterocycles. The minimum absolute atomic E-state index is 0.164. The van der Waals surface area contributed by atoms with Gasteiger partial charge in [0, 0.05) is 12.0 Å². The molecule has 10 heteroatoms. The Labute approximate surface area is 140 Å². The van der Waals surface area contributed by atoms with Crippen molar-refractivity contribution in [1.82, 2.24) is 0 Å². The highest BCUT2D eigenvalue weighted by Crippen LogP contribution is 2.44. The molecule has 0 amide bonds. The molecule has 2 heterocycles. The van der Waals surface area contributed by atoms with Crippen LogP contribution in [0.1, 0.15) is 18.4 Å². The molecule has 2 aliphatic heterocycles. The lowest BCUT2D eigenvalue weighted by molar-refractivity contribution is -0.170. The van der Waals surface area contributed by atoms with Crippen LogP contribution >= 0.6 is 0 Å². The Kier molecular flexibility index (Phi) is 3.93. The first-order chi connectivity index (χ1) is 11.7. The number of hydrogen-bond acceptors (Lipinski definition) is 9. The minimum Gasteiger partial charge on any atom is -0.480 e. The highest BCUT2D eigenvalue weighted by Gasteiger charge is 2.48. The van der Waals surface area contributed by atoms with Crippen LogP contribution in [0.2, 0.25) is 0 Å². The van der Waals surface area contributed by atoms with Gasteiger partial charge in [0.2, 0.25) is 5.75 Å². The number of benzene rings is 1. The van der Waals surface area contributed by atoms with E-state index >= 15 is 0 Å². The number of carbonyl (C=O) groups excluding carboxylic acids is 3. The molecule has 10 nitrogen and oxygen atoms in total. The van der Waals surface area contributed by atoms with E-state index in [0.29, 0.717) is 0 Å². The molecule has 0 saturated carbocycles. The van der Waals surface area contributed by atoms with Gasteiger partial charge in [0.1, 0.15) is 6.04 Å². The summed E-state index contributed by atoms with van der Waals surface area (Å²) in [5.41, 5.74) is 3.25. The summed E-state index contributed by atoms with van der Waals surface area (Å²) < 4.78 is 15.2. The molecule has 1 aromatic rings. The zero-order valence-electron chi connectivity index (χ0n) is 12.7. The van der Waals surface area contributed by atoms with E-state index in [9.17, 15) is 24.3 Å². The second kappa shape index (κ2) is 5.83. The topological polar surface area (TPSA) is 162 Å². The molecule has 2 atom stereocenters. The maximum atomic E-state index is 12.2. The van der Waals surface area contributed by atoms with Gasteiger partial charge in [-0.3, -0.25) is 14.4 Å². The van der Waals surface area contributed by atoms with Gasteiger partial charge in [0.25, 0.3) is 0 Å². The highest BCUT2D eigenvalue weighted by molar-refractivity contribution is 5.95. The fourth-order valence-corrected chi connectivity index (χ4v) is 2.54. The summed E-state index contributed by atoms with van der Waals surface area (Å²) in [4.78, 5) is 47.1. The highest BCUT2D eigenvalue weighted by atomic mass is 16.6. The monoisotopic (exact) mass is 351 g/mol. The summed E-state index contributed by atoms with van der Waals surface area (Å²) in [5.74, 6) is -5.27. The Morgan fingerprint density at radius 2 is 1.76 bits per heavy atom. The Bertz CT molecular complexity index is 802. The summed E-state index contributed by atoms with van der Waals surface area (Å²) in [6, 6.07) is 1.30. The van der Waals surface area contributed by atoms with Crippen LogP contribution in [0.15, 0.2) is 12.1 Å². The number of rotatable bonds is 3. The van der Waals surface area contributed by atoms with Gasteiger partial charge in [-0.2, -0.15) is 0 Å². The van der Waals surface area contributed by atoms with Crippen LogP contribution in [0.4, 0.5) is 0 Å². The van der Waals surface area contributed by atoms with Crippen molar-refractivity contribution in [3.05, 3.63) is 17.7 Å². The fraction of sp³-hybridized carbons (Fsp3) is 0.333.